The van der Waals surface area contributed by atoms with Crippen molar-refractivity contribution in [2.75, 3.05) is 0 Å². The molecule has 1 rings (SSSR count). The molecule has 0 saturated carbocycles. The lowest BCUT2D eigenvalue weighted by molar-refractivity contribution is -0.108. The lowest BCUT2D eigenvalue weighted by atomic mass is 9.80. The summed E-state index contributed by atoms with van der Waals surface area (Å²) in [6.45, 7) is 7.87. The van der Waals surface area contributed by atoms with Crippen LogP contribution < -0.4 is 0 Å². The van der Waals surface area contributed by atoms with Crippen LogP contribution in [0.25, 0.3) is 0 Å². The Bertz CT molecular complexity index is 324. The maximum atomic E-state index is 10.6. The second kappa shape index (κ2) is 4.23. The summed E-state index contributed by atoms with van der Waals surface area (Å²) in [5.74, 6) is 0. The van der Waals surface area contributed by atoms with Crippen molar-refractivity contribution in [3.05, 3.63) is 48.0 Å². The van der Waals surface area contributed by atoms with Crippen molar-refractivity contribution < 1.29 is 4.79 Å². The van der Waals surface area contributed by atoms with Gasteiger partial charge in [0.2, 0.25) is 0 Å². The third-order valence-electron chi connectivity index (χ3n) is 2.67. The smallest absolute Gasteiger partial charge is 0.121 e. The van der Waals surface area contributed by atoms with Gasteiger partial charge in [0.15, 0.2) is 0 Å². The van der Waals surface area contributed by atoms with Gasteiger partial charge >= 0.3 is 0 Å². The van der Waals surface area contributed by atoms with E-state index in [0.29, 0.717) is 6.42 Å². The molecule has 0 aliphatic heterocycles. The van der Waals surface area contributed by atoms with E-state index in [0.717, 1.165) is 11.8 Å². The first kappa shape index (κ1) is 10.7. The molecule has 0 N–H and O–H groups in total. The first-order valence-corrected chi connectivity index (χ1v) is 4.77. The second-order valence-electron chi connectivity index (χ2n) is 3.86. The van der Waals surface area contributed by atoms with Crippen LogP contribution in [0.5, 0.6) is 0 Å². The Morgan fingerprint density at radius 2 is 1.93 bits per heavy atom. The zero-order chi connectivity index (χ0) is 10.6. The molecule has 0 aromatic heterocycles. The maximum absolute atomic E-state index is 10.6. The first-order chi connectivity index (χ1) is 6.62. The highest BCUT2D eigenvalue weighted by Gasteiger charge is 2.21. The van der Waals surface area contributed by atoms with Gasteiger partial charge in [-0.3, -0.25) is 0 Å². The molecule has 0 aliphatic carbocycles. The quantitative estimate of drug-likeness (QED) is 0.524. The van der Waals surface area contributed by atoms with Gasteiger partial charge in [0.05, 0.1) is 0 Å². The predicted molar refractivity (Wildman–Crippen MR) is 59.4 cm³/mol. The minimum absolute atomic E-state index is 0.227. The third kappa shape index (κ3) is 2.11. The Morgan fingerprint density at radius 1 is 1.36 bits per heavy atom. The van der Waals surface area contributed by atoms with Gasteiger partial charge in [-0.05, 0) is 12.5 Å². The summed E-state index contributed by atoms with van der Waals surface area (Å²) < 4.78 is 0. The van der Waals surface area contributed by atoms with Crippen molar-refractivity contribution in [1.29, 1.82) is 0 Å². The average Bonchev–Trinajstić information content (AvgIpc) is 2.19. The molecule has 0 spiro atoms. The van der Waals surface area contributed by atoms with Crippen LogP contribution in [0.4, 0.5) is 0 Å². The number of rotatable bonds is 4. The number of aldehydes is 1. The van der Waals surface area contributed by atoms with Crippen molar-refractivity contribution in [2.24, 2.45) is 0 Å². The molecule has 14 heavy (non-hydrogen) atoms. The monoisotopic (exact) mass is 188 g/mol. The van der Waals surface area contributed by atoms with Crippen LogP contribution in [-0.4, -0.2) is 6.29 Å². The van der Waals surface area contributed by atoms with E-state index < -0.39 is 0 Å². The van der Waals surface area contributed by atoms with Crippen LogP contribution in [-0.2, 0) is 10.2 Å². The molecule has 0 fully saturated rings. The molecule has 1 aromatic carbocycles. The van der Waals surface area contributed by atoms with E-state index in [1.54, 1.807) is 0 Å². The fourth-order valence-electron chi connectivity index (χ4n) is 1.43. The highest BCUT2D eigenvalue weighted by atomic mass is 16.1. The Labute approximate surface area is 85.5 Å². The van der Waals surface area contributed by atoms with Gasteiger partial charge < -0.3 is 4.79 Å². The van der Waals surface area contributed by atoms with E-state index in [-0.39, 0.29) is 5.41 Å². The van der Waals surface area contributed by atoms with Gasteiger partial charge in [-0.2, -0.15) is 0 Å². The summed E-state index contributed by atoms with van der Waals surface area (Å²) >= 11 is 0. The standard InChI is InChI=1S/C13H16O/c1-4-13(3,9-10-14)12-7-5-11(2)6-8-12/h4-8,10H,1,9H2,2-3H3/t13-/m0/s1. The minimum atomic E-state index is -0.227. The highest BCUT2D eigenvalue weighted by molar-refractivity contribution is 5.54. The molecule has 1 heteroatoms. The van der Waals surface area contributed by atoms with Gasteiger partial charge in [-0.15, -0.1) is 6.58 Å². The first-order valence-electron chi connectivity index (χ1n) is 4.77. The van der Waals surface area contributed by atoms with E-state index in [1.807, 2.05) is 13.0 Å². The van der Waals surface area contributed by atoms with Crippen LogP contribution in [0.3, 0.4) is 0 Å². The molecule has 0 saturated heterocycles. The SMILES string of the molecule is C=C[C@@](C)(CC=O)c1ccc(C)cc1. The second-order valence-corrected chi connectivity index (χ2v) is 3.86. The number of hydrogen-bond acceptors (Lipinski definition) is 1. The number of allylic oxidation sites excluding steroid dienone is 1. The molecule has 1 aromatic rings. The molecular weight excluding hydrogens is 172 g/mol. The molecule has 74 valence electrons. The number of hydrogen-bond donors (Lipinski definition) is 0. The summed E-state index contributed by atoms with van der Waals surface area (Å²) in [5.41, 5.74) is 2.14. The van der Waals surface area contributed by atoms with E-state index in [2.05, 4.69) is 37.8 Å². The van der Waals surface area contributed by atoms with Crippen LogP contribution in [0.15, 0.2) is 36.9 Å². The molecule has 0 radical (unpaired) electrons. The zero-order valence-electron chi connectivity index (χ0n) is 8.79. The Balaban J connectivity index is 3.05. The Kier molecular flexibility index (Phi) is 3.23. The molecule has 0 amide bonds. The fourth-order valence-corrected chi connectivity index (χ4v) is 1.43. The average molecular weight is 188 g/mol. The fraction of sp³-hybridized carbons (Fsp3) is 0.308. The maximum Gasteiger partial charge on any atom is 0.121 e. The number of carbonyl (C=O) groups is 1. The highest BCUT2D eigenvalue weighted by Crippen LogP contribution is 2.27. The van der Waals surface area contributed by atoms with Gasteiger partial charge in [0.1, 0.15) is 6.29 Å². The molecule has 0 bridgehead atoms. The van der Waals surface area contributed by atoms with Crippen molar-refractivity contribution in [1.82, 2.24) is 0 Å². The lowest BCUT2D eigenvalue weighted by Gasteiger charge is -2.23. The summed E-state index contributed by atoms with van der Waals surface area (Å²) in [6.07, 6.45) is 3.27. The summed E-state index contributed by atoms with van der Waals surface area (Å²) in [4.78, 5) is 10.6. The largest absolute Gasteiger partial charge is 0.303 e. The number of carbonyl (C=O) groups excluding carboxylic acids is 1. The lowest BCUT2D eigenvalue weighted by Crippen LogP contribution is -2.18. The summed E-state index contributed by atoms with van der Waals surface area (Å²) in [6, 6.07) is 8.23. The third-order valence-corrected chi connectivity index (χ3v) is 2.67. The van der Waals surface area contributed by atoms with Crippen molar-refractivity contribution in [3.8, 4) is 0 Å². The summed E-state index contributed by atoms with van der Waals surface area (Å²) in [5, 5.41) is 0. The molecule has 1 nitrogen and oxygen atoms in total. The van der Waals surface area contributed by atoms with Crippen molar-refractivity contribution >= 4 is 6.29 Å². The Morgan fingerprint density at radius 3 is 2.36 bits per heavy atom. The van der Waals surface area contributed by atoms with Crippen LogP contribution in [0.2, 0.25) is 0 Å². The van der Waals surface area contributed by atoms with E-state index in [9.17, 15) is 4.79 Å². The predicted octanol–water partition coefficient (Wildman–Crippen LogP) is 3.03. The molecule has 0 heterocycles. The molecule has 0 unspecified atom stereocenters. The van der Waals surface area contributed by atoms with Crippen molar-refractivity contribution in [3.63, 3.8) is 0 Å². The zero-order valence-corrected chi connectivity index (χ0v) is 8.79. The van der Waals surface area contributed by atoms with E-state index in [4.69, 9.17) is 0 Å². The van der Waals surface area contributed by atoms with Gasteiger partial charge in [-0.1, -0.05) is 42.8 Å². The van der Waals surface area contributed by atoms with E-state index >= 15 is 0 Å². The van der Waals surface area contributed by atoms with Gasteiger partial charge in [-0.25, -0.2) is 0 Å². The normalized spacial score (nSPS) is 14.4. The number of benzene rings is 1. The molecule has 0 aliphatic rings. The summed E-state index contributed by atoms with van der Waals surface area (Å²) in [7, 11) is 0. The molecule has 1 atom stereocenters. The Hall–Kier alpha value is -1.37. The van der Waals surface area contributed by atoms with Gasteiger partial charge in [0.25, 0.3) is 0 Å². The topological polar surface area (TPSA) is 17.1 Å². The minimum Gasteiger partial charge on any atom is -0.303 e. The van der Waals surface area contributed by atoms with Crippen molar-refractivity contribution in [2.45, 2.75) is 25.7 Å². The van der Waals surface area contributed by atoms with Crippen LogP contribution >= 0.6 is 0 Å². The van der Waals surface area contributed by atoms with E-state index in [1.165, 1.54) is 5.56 Å². The molecular formula is C13H16O. The van der Waals surface area contributed by atoms with Crippen LogP contribution in [0, 0.1) is 6.92 Å². The van der Waals surface area contributed by atoms with Gasteiger partial charge in [0, 0.05) is 11.8 Å². The van der Waals surface area contributed by atoms with Crippen LogP contribution in [0.1, 0.15) is 24.5 Å². The number of aryl methyl sites for hydroxylation is 1.